The van der Waals surface area contributed by atoms with E-state index in [1.165, 1.54) is 11.8 Å². The first kappa shape index (κ1) is 16.8. The number of nitrogens with zero attached hydrogens (tertiary/aromatic N) is 3. The van der Waals surface area contributed by atoms with Crippen LogP contribution in [0.5, 0.6) is 5.75 Å². The van der Waals surface area contributed by atoms with Crippen LogP contribution < -0.4 is 4.74 Å². The number of hydrogen-bond donors (Lipinski definition) is 0. The second-order valence-electron chi connectivity index (χ2n) is 6.23. The van der Waals surface area contributed by atoms with Gasteiger partial charge in [0.15, 0.2) is 10.9 Å². The number of methoxy groups -OCH3 is 1. The minimum Gasteiger partial charge on any atom is -0.497 e. The molecular weight excluding hydrogens is 346 g/mol. The molecule has 3 aromatic rings. The first-order chi connectivity index (χ1) is 12.8. The fourth-order valence-corrected chi connectivity index (χ4v) is 3.64. The Morgan fingerprint density at radius 3 is 2.50 bits per heavy atom. The molecule has 5 nitrogen and oxygen atoms in total. The van der Waals surface area contributed by atoms with Crippen molar-refractivity contribution in [2.24, 2.45) is 0 Å². The molecule has 0 bridgehead atoms. The molecule has 0 atom stereocenters. The lowest BCUT2D eigenvalue weighted by Crippen LogP contribution is -2.05. The third kappa shape index (κ3) is 3.51. The highest BCUT2D eigenvalue weighted by Gasteiger charge is 2.31. The fraction of sp³-hybridized carbons (Fsp3) is 0.250. The smallest absolute Gasteiger partial charge is 0.196 e. The molecule has 0 aliphatic heterocycles. The summed E-state index contributed by atoms with van der Waals surface area (Å²) in [7, 11) is 1.61. The Morgan fingerprint density at radius 1 is 1.12 bits per heavy atom. The Kier molecular flexibility index (Phi) is 4.75. The largest absolute Gasteiger partial charge is 0.497 e. The van der Waals surface area contributed by atoms with E-state index < -0.39 is 0 Å². The number of aromatic nitrogens is 3. The van der Waals surface area contributed by atoms with Gasteiger partial charge >= 0.3 is 0 Å². The molecule has 132 valence electrons. The topological polar surface area (TPSA) is 57.0 Å². The predicted octanol–water partition coefficient (Wildman–Crippen LogP) is 4.13. The van der Waals surface area contributed by atoms with Crippen LogP contribution >= 0.6 is 11.8 Å². The van der Waals surface area contributed by atoms with Crippen molar-refractivity contribution < 1.29 is 9.53 Å². The Bertz CT molecular complexity index is 903. The van der Waals surface area contributed by atoms with E-state index in [9.17, 15) is 4.79 Å². The van der Waals surface area contributed by atoms with E-state index >= 15 is 0 Å². The average Bonchev–Trinajstić information content (AvgIpc) is 3.46. The van der Waals surface area contributed by atoms with Crippen molar-refractivity contribution >= 4 is 17.5 Å². The summed E-state index contributed by atoms with van der Waals surface area (Å²) in [6.45, 7) is 0. The Balaban J connectivity index is 1.54. The van der Waals surface area contributed by atoms with E-state index in [4.69, 9.17) is 4.74 Å². The molecule has 0 amide bonds. The zero-order valence-electron chi connectivity index (χ0n) is 14.5. The van der Waals surface area contributed by atoms with Crippen LogP contribution in [0.15, 0.2) is 59.8 Å². The van der Waals surface area contributed by atoms with Gasteiger partial charge in [0.2, 0.25) is 0 Å². The quantitative estimate of drug-likeness (QED) is 0.465. The standard InChI is InChI=1S/C20H19N3O2S/c1-25-17-11-9-14(10-12-17)18(24)13-26-20-22-21-19(15-7-8-15)23(20)16-5-3-2-4-6-16/h2-6,9-12,15H,7-8,13H2,1H3. The molecule has 1 aliphatic carbocycles. The molecule has 1 aliphatic rings. The maximum atomic E-state index is 12.5. The SMILES string of the molecule is COc1ccc(C(=O)CSc2nnc(C3CC3)n2-c2ccccc2)cc1. The summed E-state index contributed by atoms with van der Waals surface area (Å²) in [4.78, 5) is 12.5. The molecule has 2 aromatic carbocycles. The zero-order chi connectivity index (χ0) is 17.9. The van der Waals surface area contributed by atoms with Crippen LogP contribution in [0.3, 0.4) is 0 Å². The maximum Gasteiger partial charge on any atom is 0.196 e. The Morgan fingerprint density at radius 2 is 1.85 bits per heavy atom. The maximum absolute atomic E-state index is 12.5. The van der Waals surface area contributed by atoms with Crippen molar-refractivity contribution in [3.05, 3.63) is 66.0 Å². The van der Waals surface area contributed by atoms with Gasteiger partial charge in [-0.3, -0.25) is 9.36 Å². The van der Waals surface area contributed by atoms with Crippen LogP contribution in [-0.2, 0) is 0 Å². The molecule has 0 radical (unpaired) electrons. The number of ether oxygens (including phenoxy) is 1. The van der Waals surface area contributed by atoms with Gasteiger partial charge in [0.25, 0.3) is 0 Å². The lowest BCUT2D eigenvalue weighted by molar-refractivity contribution is 0.102. The summed E-state index contributed by atoms with van der Waals surface area (Å²) in [5.74, 6) is 2.60. The monoisotopic (exact) mass is 365 g/mol. The fourth-order valence-electron chi connectivity index (χ4n) is 2.79. The molecule has 1 fully saturated rings. The summed E-state index contributed by atoms with van der Waals surface area (Å²) in [5.41, 5.74) is 1.71. The van der Waals surface area contributed by atoms with Crippen molar-refractivity contribution in [1.82, 2.24) is 14.8 Å². The molecule has 6 heteroatoms. The van der Waals surface area contributed by atoms with Crippen LogP contribution in [0.2, 0.25) is 0 Å². The van der Waals surface area contributed by atoms with Gasteiger partial charge in [0.1, 0.15) is 11.6 Å². The molecule has 0 N–H and O–H groups in total. The highest BCUT2D eigenvalue weighted by molar-refractivity contribution is 7.99. The number of rotatable bonds is 7. The highest BCUT2D eigenvalue weighted by Crippen LogP contribution is 2.41. The molecule has 0 saturated heterocycles. The molecule has 1 aromatic heterocycles. The Hall–Kier alpha value is -2.60. The molecule has 0 unspecified atom stereocenters. The first-order valence-corrected chi connectivity index (χ1v) is 9.55. The summed E-state index contributed by atoms with van der Waals surface area (Å²) < 4.78 is 7.22. The molecule has 0 spiro atoms. The lowest BCUT2D eigenvalue weighted by atomic mass is 10.1. The van der Waals surface area contributed by atoms with Crippen LogP contribution in [0.1, 0.15) is 34.9 Å². The van der Waals surface area contributed by atoms with Crippen LogP contribution in [0.25, 0.3) is 5.69 Å². The molecule has 1 heterocycles. The van der Waals surface area contributed by atoms with E-state index in [-0.39, 0.29) is 5.78 Å². The normalized spacial score (nSPS) is 13.6. The zero-order valence-corrected chi connectivity index (χ0v) is 15.3. The van der Waals surface area contributed by atoms with Gasteiger partial charge in [-0.25, -0.2) is 0 Å². The summed E-state index contributed by atoms with van der Waals surface area (Å²) in [6.07, 6.45) is 2.31. The van der Waals surface area contributed by atoms with E-state index in [1.807, 2.05) is 30.3 Å². The van der Waals surface area contributed by atoms with Crippen molar-refractivity contribution in [3.63, 3.8) is 0 Å². The van der Waals surface area contributed by atoms with Crippen molar-refractivity contribution in [2.75, 3.05) is 12.9 Å². The number of ketones is 1. The van der Waals surface area contributed by atoms with Gasteiger partial charge in [0.05, 0.1) is 12.9 Å². The van der Waals surface area contributed by atoms with Crippen LogP contribution in [0.4, 0.5) is 0 Å². The molecular formula is C20H19N3O2S. The van der Waals surface area contributed by atoms with Crippen molar-refractivity contribution in [1.29, 1.82) is 0 Å². The van der Waals surface area contributed by atoms with Crippen molar-refractivity contribution in [2.45, 2.75) is 23.9 Å². The van der Waals surface area contributed by atoms with Crippen molar-refractivity contribution in [3.8, 4) is 11.4 Å². The summed E-state index contributed by atoms with van der Waals surface area (Å²) in [6, 6.07) is 17.3. The van der Waals surface area contributed by atoms with E-state index in [2.05, 4.69) is 14.8 Å². The Labute approximate surface area is 156 Å². The number of carbonyl (C=O) groups is 1. The second-order valence-corrected chi connectivity index (χ2v) is 7.17. The van der Waals surface area contributed by atoms with Crippen LogP contribution in [0, 0.1) is 0 Å². The van der Waals surface area contributed by atoms with Gasteiger partial charge in [-0.05, 0) is 49.2 Å². The van der Waals surface area contributed by atoms with Gasteiger partial charge in [-0.1, -0.05) is 30.0 Å². The number of carbonyl (C=O) groups excluding carboxylic acids is 1. The van der Waals surface area contributed by atoms with E-state index in [0.717, 1.165) is 35.3 Å². The third-order valence-corrected chi connectivity index (χ3v) is 5.29. The number of thioether (sulfide) groups is 1. The third-order valence-electron chi connectivity index (χ3n) is 4.36. The number of hydrogen-bond acceptors (Lipinski definition) is 5. The van der Waals surface area contributed by atoms with Crippen LogP contribution in [-0.4, -0.2) is 33.4 Å². The predicted molar refractivity (Wildman–Crippen MR) is 101 cm³/mol. The molecule has 26 heavy (non-hydrogen) atoms. The van der Waals surface area contributed by atoms with E-state index in [0.29, 0.717) is 17.2 Å². The number of Topliss-reactive ketones (excluding diaryl/α,β-unsaturated/α-hetero) is 1. The molecule has 1 saturated carbocycles. The minimum atomic E-state index is 0.0632. The van der Waals surface area contributed by atoms with Gasteiger partial charge in [-0.15, -0.1) is 10.2 Å². The lowest BCUT2D eigenvalue weighted by Gasteiger charge is -2.09. The molecule has 4 rings (SSSR count). The van der Waals surface area contributed by atoms with Gasteiger partial charge in [0, 0.05) is 17.2 Å². The average molecular weight is 365 g/mol. The number of para-hydroxylation sites is 1. The van der Waals surface area contributed by atoms with Gasteiger partial charge in [-0.2, -0.15) is 0 Å². The summed E-state index contributed by atoms with van der Waals surface area (Å²) >= 11 is 1.43. The first-order valence-electron chi connectivity index (χ1n) is 8.57. The second kappa shape index (κ2) is 7.33. The number of benzene rings is 2. The minimum absolute atomic E-state index is 0.0632. The summed E-state index contributed by atoms with van der Waals surface area (Å²) in [5, 5.41) is 9.51. The van der Waals surface area contributed by atoms with Gasteiger partial charge < -0.3 is 4.74 Å². The highest BCUT2D eigenvalue weighted by atomic mass is 32.2. The van der Waals surface area contributed by atoms with E-state index in [1.54, 1.807) is 31.4 Å².